The van der Waals surface area contributed by atoms with Crippen molar-refractivity contribution in [2.24, 2.45) is 0 Å². The SMILES string of the molecule is CC(O)C(C)(C)NCc1ccccc1N. The van der Waals surface area contributed by atoms with Gasteiger partial charge in [-0.25, -0.2) is 0 Å². The van der Waals surface area contributed by atoms with Gasteiger partial charge in [-0.2, -0.15) is 0 Å². The Labute approximate surface area is 91.3 Å². The number of anilines is 1. The number of rotatable bonds is 4. The summed E-state index contributed by atoms with van der Waals surface area (Å²) < 4.78 is 0. The second-order valence-corrected chi connectivity index (χ2v) is 4.45. The minimum absolute atomic E-state index is 0.303. The molecular formula is C12H20N2O. The van der Waals surface area contributed by atoms with E-state index in [-0.39, 0.29) is 5.54 Å². The van der Waals surface area contributed by atoms with E-state index in [1.807, 2.05) is 38.1 Å². The number of aliphatic hydroxyl groups is 1. The van der Waals surface area contributed by atoms with Crippen LogP contribution in [0.5, 0.6) is 0 Å². The van der Waals surface area contributed by atoms with Gasteiger partial charge in [-0.3, -0.25) is 0 Å². The van der Waals surface area contributed by atoms with Crippen LogP contribution in [-0.4, -0.2) is 16.7 Å². The van der Waals surface area contributed by atoms with Gasteiger partial charge in [0, 0.05) is 17.8 Å². The van der Waals surface area contributed by atoms with Gasteiger partial charge in [-0.05, 0) is 32.4 Å². The fourth-order valence-electron chi connectivity index (χ4n) is 1.17. The summed E-state index contributed by atoms with van der Waals surface area (Å²) in [6.45, 7) is 6.39. The molecule has 1 aromatic carbocycles. The number of para-hydroxylation sites is 1. The number of nitrogen functional groups attached to an aromatic ring is 1. The molecular weight excluding hydrogens is 188 g/mol. The highest BCUT2D eigenvalue weighted by Gasteiger charge is 2.22. The maximum Gasteiger partial charge on any atom is 0.0688 e. The molecule has 0 fully saturated rings. The van der Waals surface area contributed by atoms with E-state index in [4.69, 9.17) is 5.73 Å². The molecule has 0 heterocycles. The number of nitrogens with one attached hydrogen (secondary N) is 1. The minimum Gasteiger partial charge on any atom is -0.398 e. The fourth-order valence-corrected chi connectivity index (χ4v) is 1.17. The van der Waals surface area contributed by atoms with Crippen molar-refractivity contribution in [1.29, 1.82) is 0 Å². The number of hydrogen-bond acceptors (Lipinski definition) is 3. The highest BCUT2D eigenvalue weighted by Crippen LogP contribution is 2.14. The van der Waals surface area contributed by atoms with Crippen molar-refractivity contribution in [2.75, 3.05) is 5.73 Å². The molecule has 84 valence electrons. The topological polar surface area (TPSA) is 58.3 Å². The Morgan fingerprint density at radius 3 is 2.53 bits per heavy atom. The Balaban J connectivity index is 2.62. The number of aliphatic hydroxyl groups excluding tert-OH is 1. The molecule has 1 unspecified atom stereocenters. The Morgan fingerprint density at radius 2 is 2.00 bits per heavy atom. The fraction of sp³-hybridized carbons (Fsp3) is 0.500. The predicted octanol–water partition coefficient (Wildman–Crippen LogP) is 1.52. The van der Waals surface area contributed by atoms with Gasteiger partial charge < -0.3 is 16.2 Å². The van der Waals surface area contributed by atoms with E-state index < -0.39 is 6.10 Å². The van der Waals surface area contributed by atoms with Crippen molar-refractivity contribution in [3.8, 4) is 0 Å². The lowest BCUT2D eigenvalue weighted by molar-refractivity contribution is 0.0957. The van der Waals surface area contributed by atoms with Crippen molar-refractivity contribution < 1.29 is 5.11 Å². The highest BCUT2D eigenvalue weighted by atomic mass is 16.3. The Bertz CT molecular complexity index is 321. The van der Waals surface area contributed by atoms with Gasteiger partial charge in [-0.15, -0.1) is 0 Å². The number of nitrogens with two attached hydrogens (primary N) is 1. The molecule has 1 aromatic rings. The molecule has 0 radical (unpaired) electrons. The quantitative estimate of drug-likeness (QED) is 0.657. The van der Waals surface area contributed by atoms with Crippen LogP contribution in [0.3, 0.4) is 0 Å². The van der Waals surface area contributed by atoms with Crippen molar-refractivity contribution in [3.63, 3.8) is 0 Å². The van der Waals surface area contributed by atoms with Crippen LogP contribution in [-0.2, 0) is 6.54 Å². The Kier molecular flexibility index (Phi) is 3.72. The smallest absolute Gasteiger partial charge is 0.0688 e. The first-order valence-corrected chi connectivity index (χ1v) is 5.20. The molecule has 3 heteroatoms. The summed E-state index contributed by atoms with van der Waals surface area (Å²) in [5.41, 5.74) is 7.37. The monoisotopic (exact) mass is 208 g/mol. The van der Waals surface area contributed by atoms with Crippen LogP contribution in [0.4, 0.5) is 5.69 Å². The second-order valence-electron chi connectivity index (χ2n) is 4.45. The van der Waals surface area contributed by atoms with Gasteiger partial charge >= 0.3 is 0 Å². The maximum atomic E-state index is 9.53. The molecule has 0 bridgehead atoms. The maximum absolute atomic E-state index is 9.53. The molecule has 0 spiro atoms. The Morgan fingerprint density at radius 1 is 1.40 bits per heavy atom. The first-order chi connectivity index (χ1) is 6.93. The first-order valence-electron chi connectivity index (χ1n) is 5.20. The van der Waals surface area contributed by atoms with E-state index in [9.17, 15) is 5.11 Å². The summed E-state index contributed by atoms with van der Waals surface area (Å²) in [6.07, 6.45) is -0.401. The van der Waals surface area contributed by atoms with E-state index in [1.165, 1.54) is 0 Å². The summed E-state index contributed by atoms with van der Waals surface area (Å²) in [7, 11) is 0. The third-order valence-corrected chi connectivity index (χ3v) is 2.83. The summed E-state index contributed by atoms with van der Waals surface area (Å²) in [6, 6.07) is 7.74. The average molecular weight is 208 g/mol. The summed E-state index contributed by atoms with van der Waals surface area (Å²) >= 11 is 0. The van der Waals surface area contributed by atoms with E-state index in [2.05, 4.69) is 5.32 Å². The molecule has 0 amide bonds. The molecule has 3 nitrogen and oxygen atoms in total. The van der Waals surface area contributed by atoms with Crippen molar-refractivity contribution in [3.05, 3.63) is 29.8 Å². The van der Waals surface area contributed by atoms with Gasteiger partial charge in [0.2, 0.25) is 0 Å². The standard InChI is InChI=1S/C12H20N2O/c1-9(15)12(2,3)14-8-10-6-4-5-7-11(10)13/h4-7,9,14-15H,8,13H2,1-3H3. The Hall–Kier alpha value is -1.06. The lowest BCUT2D eigenvalue weighted by Gasteiger charge is -2.29. The lowest BCUT2D eigenvalue weighted by Crippen LogP contribution is -2.47. The highest BCUT2D eigenvalue weighted by molar-refractivity contribution is 5.46. The van der Waals surface area contributed by atoms with Gasteiger partial charge in [0.15, 0.2) is 0 Å². The third kappa shape index (κ3) is 3.22. The molecule has 0 aromatic heterocycles. The molecule has 0 saturated carbocycles. The molecule has 4 N–H and O–H groups in total. The minimum atomic E-state index is -0.401. The molecule has 1 rings (SSSR count). The summed E-state index contributed by atoms with van der Waals surface area (Å²) in [4.78, 5) is 0. The zero-order valence-corrected chi connectivity index (χ0v) is 9.62. The van der Waals surface area contributed by atoms with E-state index in [0.29, 0.717) is 6.54 Å². The zero-order chi connectivity index (χ0) is 11.5. The van der Waals surface area contributed by atoms with Gasteiger partial charge in [0.05, 0.1) is 6.10 Å². The molecule has 0 saturated heterocycles. The largest absolute Gasteiger partial charge is 0.398 e. The molecule has 0 aliphatic rings. The van der Waals surface area contributed by atoms with Crippen molar-refractivity contribution in [1.82, 2.24) is 5.32 Å². The van der Waals surface area contributed by atoms with Crippen LogP contribution >= 0.6 is 0 Å². The van der Waals surface area contributed by atoms with Gasteiger partial charge in [0.25, 0.3) is 0 Å². The van der Waals surface area contributed by atoms with Crippen LogP contribution in [0.25, 0.3) is 0 Å². The van der Waals surface area contributed by atoms with E-state index in [0.717, 1.165) is 11.3 Å². The molecule has 0 aliphatic heterocycles. The molecule has 15 heavy (non-hydrogen) atoms. The predicted molar refractivity (Wildman–Crippen MR) is 63.5 cm³/mol. The molecule has 1 atom stereocenters. The van der Waals surface area contributed by atoms with Crippen LogP contribution in [0, 0.1) is 0 Å². The van der Waals surface area contributed by atoms with E-state index >= 15 is 0 Å². The third-order valence-electron chi connectivity index (χ3n) is 2.83. The van der Waals surface area contributed by atoms with Crippen LogP contribution < -0.4 is 11.1 Å². The zero-order valence-electron chi connectivity index (χ0n) is 9.62. The number of hydrogen-bond donors (Lipinski definition) is 3. The number of benzene rings is 1. The van der Waals surface area contributed by atoms with Gasteiger partial charge in [-0.1, -0.05) is 18.2 Å². The first kappa shape index (κ1) is 12.0. The van der Waals surface area contributed by atoms with Crippen LogP contribution in [0.1, 0.15) is 26.3 Å². The molecule has 0 aliphatic carbocycles. The van der Waals surface area contributed by atoms with E-state index in [1.54, 1.807) is 6.92 Å². The van der Waals surface area contributed by atoms with Gasteiger partial charge in [0.1, 0.15) is 0 Å². The van der Waals surface area contributed by atoms with Crippen molar-refractivity contribution in [2.45, 2.75) is 39.0 Å². The summed E-state index contributed by atoms with van der Waals surface area (Å²) in [5.74, 6) is 0. The normalized spacial score (nSPS) is 13.9. The van der Waals surface area contributed by atoms with Crippen molar-refractivity contribution >= 4 is 5.69 Å². The van der Waals surface area contributed by atoms with Crippen LogP contribution in [0.2, 0.25) is 0 Å². The van der Waals surface area contributed by atoms with Crippen LogP contribution in [0.15, 0.2) is 24.3 Å². The lowest BCUT2D eigenvalue weighted by atomic mass is 9.98. The average Bonchev–Trinajstić information content (AvgIpc) is 2.16. The second kappa shape index (κ2) is 4.64. The summed E-state index contributed by atoms with van der Waals surface area (Å²) in [5, 5.41) is 12.8.